The van der Waals surface area contributed by atoms with Crippen molar-refractivity contribution in [3.05, 3.63) is 94.6 Å². The fraction of sp³-hybridized carbons (Fsp3) is 0.553. The molecule has 2 aliphatic heterocycles. The van der Waals surface area contributed by atoms with Gasteiger partial charge in [-0.3, -0.25) is 4.79 Å². The molecule has 1 saturated carbocycles. The van der Waals surface area contributed by atoms with E-state index in [-0.39, 0.29) is 12.3 Å². The standard InChI is InChI=1S/C21H30N2.C16H22FN.CH2O2/c1-4-20-19(15-17-9-7-6-8-10-17)16-21(23(20)5-2)18-11-13-22(3)14-12-18;17-16-6-2-5-14(11-16)15-8-10-18(12-15)9-7-13-3-1-4-13;2-1-3/h6-10,16,18H,4-5,11-15H2,1-3H3;2,5-6,11,13,15H,1,3-4,7-10,12H2;1H,(H,2,3). The van der Waals surface area contributed by atoms with Gasteiger partial charge in [-0.05, 0) is 125 Å². The molecule has 1 aromatic heterocycles. The van der Waals surface area contributed by atoms with Crippen molar-refractivity contribution in [2.24, 2.45) is 5.92 Å². The van der Waals surface area contributed by atoms with E-state index >= 15 is 0 Å². The van der Waals surface area contributed by atoms with Gasteiger partial charge in [0.1, 0.15) is 5.82 Å². The summed E-state index contributed by atoms with van der Waals surface area (Å²) in [7, 11) is 2.24. The topological polar surface area (TPSA) is 48.7 Å². The second kappa shape index (κ2) is 17.5. The number of carbonyl (C=O) groups is 1. The van der Waals surface area contributed by atoms with Crippen LogP contribution in [-0.2, 0) is 24.2 Å². The Labute approximate surface area is 265 Å². The minimum atomic E-state index is -0.250. The number of aromatic nitrogens is 1. The second-order valence-corrected chi connectivity index (χ2v) is 12.9. The maximum atomic E-state index is 13.2. The van der Waals surface area contributed by atoms with Crippen molar-refractivity contribution in [2.45, 2.75) is 90.0 Å². The number of carboxylic acid groups (broad SMARTS) is 1. The van der Waals surface area contributed by atoms with E-state index in [9.17, 15) is 4.39 Å². The van der Waals surface area contributed by atoms with Crippen molar-refractivity contribution >= 4 is 6.47 Å². The Balaban J connectivity index is 0.000000189. The largest absolute Gasteiger partial charge is 0.483 e. The zero-order chi connectivity index (χ0) is 31.3. The van der Waals surface area contributed by atoms with Crippen LogP contribution in [0.25, 0.3) is 0 Å². The number of rotatable bonds is 9. The quantitative estimate of drug-likeness (QED) is 0.252. The van der Waals surface area contributed by atoms with E-state index in [0.29, 0.717) is 5.92 Å². The molecule has 1 unspecified atom stereocenters. The number of piperidine rings is 1. The summed E-state index contributed by atoms with van der Waals surface area (Å²) >= 11 is 0. The molecule has 3 fully saturated rings. The number of likely N-dealkylation sites (tertiary alicyclic amines) is 2. The average Bonchev–Trinajstić information content (AvgIpc) is 3.62. The van der Waals surface area contributed by atoms with Crippen LogP contribution in [0.3, 0.4) is 0 Å². The highest BCUT2D eigenvalue weighted by atomic mass is 19.1. The summed E-state index contributed by atoms with van der Waals surface area (Å²) in [5.74, 6) is 2.18. The minimum Gasteiger partial charge on any atom is -0.483 e. The van der Waals surface area contributed by atoms with Crippen LogP contribution in [0.2, 0.25) is 0 Å². The van der Waals surface area contributed by atoms with Gasteiger partial charge in [-0.1, -0.05) is 68.7 Å². The summed E-state index contributed by atoms with van der Waals surface area (Å²) in [5, 5.41) is 6.89. The molecule has 44 heavy (non-hydrogen) atoms. The summed E-state index contributed by atoms with van der Waals surface area (Å²) in [5.41, 5.74) is 7.27. The molecule has 240 valence electrons. The molecular formula is C38H54FN3O2. The lowest BCUT2D eigenvalue weighted by atomic mass is 9.83. The van der Waals surface area contributed by atoms with E-state index in [4.69, 9.17) is 9.90 Å². The highest BCUT2D eigenvalue weighted by Gasteiger charge is 2.26. The molecule has 0 radical (unpaired) electrons. The first kappa shape index (κ1) is 33.9. The van der Waals surface area contributed by atoms with E-state index in [1.807, 2.05) is 6.07 Å². The Hall–Kier alpha value is -2.96. The number of hydrogen-bond acceptors (Lipinski definition) is 3. The highest BCUT2D eigenvalue weighted by Crippen LogP contribution is 2.33. The van der Waals surface area contributed by atoms with Gasteiger partial charge in [0.2, 0.25) is 0 Å². The number of hydrogen-bond donors (Lipinski definition) is 1. The maximum absolute atomic E-state index is 13.2. The summed E-state index contributed by atoms with van der Waals surface area (Å²) in [6.45, 7) is 11.5. The first-order chi connectivity index (χ1) is 21.4. The normalized spacial score (nSPS) is 19.4. The van der Waals surface area contributed by atoms with Gasteiger partial charge in [0.15, 0.2) is 0 Å². The van der Waals surface area contributed by atoms with Crippen LogP contribution < -0.4 is 0 Å². The van der Waals surface area contributed by atoms with E-state index in [0.717, 1.165) is 37.8 Å². The minimum absolute atomic E-state index is 0.0968. The van der Waals surface area contributed by atoms with E-state index < -0.39 is 0 Å². The molecule has 0 amide bonds. The van der Waals surface area contributed by atoms with Crippen LogP contribution in [0.5, 0.6) is 0 Å². The van der Waals surface area contributed by atoms with E-state index in [2.05, 4.69) is 77.7 Å². The average molecular weight is 604 g/mol. The SMILES string of the molecule is CCc1c(Cc2ccccc2)cc(C2CCN(C)CC2)n1CC.Fc1cccc(C2CCN(CCC3CCC3)C2)c1.O=CO. The molecule has 6 rings (SSSR count). The van der Waals surface area contributed by atoms with Crippen LogP contribution >= 0.6 is 0 Å². The monoisotopic (exact) mass is 603 g/mol. The Morgan fingerprint density at radius 2 is 1.61 bits per heavy atom. The lowest BCUT2D eigenvalue weighted by molar-refractivity contribution is -0.122. The Kier molecular flexibility index (Phi) is 13.5. The molecule has 2 saturated heterocycles. The molecular weight excluding hydrogens is 549 g/mol. The predicted molar refractivity (Wildman–Crippen MR) is 179 cm³/mol. The lowest BCUT2D eigenvalue weighted by Gasteiger charge is -2.30. The molecule has 3 aliphatic rings. The van der Waals surface area contributed by atoms with Gasteiger partial charge >= 0.3 is 0 Å². The summed E-state index contributed by atoms with van der Waals surface area (Å²) in [6, 6.07) is 20.6. The van der Waals surface area contributed by atoms with Crippen molar-refractivity contribution < 1.29 is 14.3 Å². The van der Waals surface area contributed by atoms with Crippen LogP contribution in [0, 0.1) is 11.7 Å². The van der Waals surface area contributed by atoms with Gasteiger partial charge < -0.3 is 19.5 Å². The number of benzene rings is 2. The van der Waals surface area contributed by atoms with Crippen molar-refractivity contribution in [3.8, 4) is 0 Å². The summed E-state index contributed by atoms with van der Waals surface area (Å²) in [4.78, 5) is 13.4. The third-order valence-corrected chi connectivity index (χ3v) is 10.0. The van der Waals surface area contributed by atoms with Gasteiger partial charge in [-0.2, -0.15) is 0 Å². The van der Waals surface area contributed by atoms with Crippen molar-refractivity contribution in [1.29, 1.82) is 0 Å². The van der Waals surface area contributed by atoms with Gasteiger partial charge in [0, 0.05) is 30.4 Å². The van der Waals surface area contributed by atoms with Crippen molar-refractivity contribution in [3.63, 3.8) is 0 Å². The zero-order valence-corrected chi connectivity index (χ0v) is 27.3. The maximum Gasteiger partial charge on any atom is 0.290 e. The third kappa shape index (κ3) is 9.52. The molecule has 5 nitrogen and oxygen atoms in total. The Bertz CT molecular complexity index is 1260. The fourth-order valence-electron chi connectivity index (χ4n) is 7.29. The lowest BCUT2D eigenvalue weighted by Crippen LogP contribution is -2.30. The highest BCUT2D eigenvalue weighted by molar-refractivity contribution is 5.35. The molecule has 3 aromatic rings. The smallest absolute Gasteiger partial charge is 0.290 e. The van der Waals surface area contributed by atoms with Crippen LogP contribution in [0.4, 0.5) is 4.39 Å². The molecule has 2 aromatic carbocycles. The van der Waals surface area contributed by atoms with Gasteiger partial charge in [0.05, 0.1) is 0 Å². The number of nitrogens with zero attached hydrogens (tertiary/aromatic N) is 3. The van der Waals surface area contributed by atoms with Crippen molar-refractivity contribution in [1.82, 2.24) is 14.4 Å². The molecule has 1 atom stereocenters. The summed E-state index contributed by atoms with van der Waals surface area (Å²) in [6.07, 6.45) is 11.7. The summed E-state index contributed by atoms with van der Waals surface area (Å²) < 4.78 is 15.8. The van der Waals surface area contributed by atoms with Crippen LogP contribution in [-0.4, -0.2) is 65.7 Å². The Morgan fingerprint density at radius 3 is 2.23 bits per heavy atom. The van der Waals surface area contributed by atoms with Crippen molar-refractivity contribution in [2.75, 3.05) is 39.8 Å². The molecule has 0 spiro atoms. The molecule has 3 heterocycles. The van der Waals surface area contributed by atoms with Crippen LogP contribution in [0.15, 0.2) is 60.7 Å². The molecule has 6 heteroatoms. The molecule has 1 aliphatic carbocycles. The molecule has 0 bridgehead atoms. The number of halogens is 1. The fourth-order valence-corrected chi connectivity index (χ4v) is 7.29. The van der Waals surface area contributed by atoms with Crippen LogP contribution in [0.1, 0.15) is 98.7 Å². The van der Waals surface area contributed by atoms with Gasteiger partial charge in [-0.15, -0.1) is 0 Å². The second-order valence-electron chi connectivity index (χ2n) is 12.9. The predicted octanol–water partition coefficient (Wildman–Crippen LogP) is 7.98. The Morgan fingerprint density at radius 1 is 0.909 bits per heavy atom. The third-order valence-electron chi connectivity index (χ3n) is 10.0. The van der Waals surface area contributed by atoms with E-state index in [1.165, 1.54) is 93.9 Å². The van der Waals surface area contributed by atoms with Gasteiger partial charge in [0.25, 0.3) is 6.47 Å². The first-order valence-corrected chi connectivity index (χ1v) is 16.9. The first-order valence-electron chi connectivity index (χ1n) is 16.9. The zero-order valence-electron chi connectivity index (χ0n) is 27.3. The molecule has 1 N–H and O–H groups in total. The van der Waals surface area contributed by atoms with Gasteiger partial charge in [-0.25, -0.2) is 4.39 Å². The van der Waals surface area contributed by atoms with E-state index in [1.54, 1.807) is 17.5 Å².